The molecule has 5 nitrogen and oxygen atoms in total. The van der Waals surface area contributed by atoms with Gasteiger partial charge < -0.3 is 0 Å². The molecular formula is C14H16Cl3N3O2S. The van der Waals surface area contributed by atoms with E-state index in [1.54, 1.807) is 40.0 Å². The third kappa shape index (κ3) is 3.31. The van der Waals surface area contributed by atoms with Crippen molar-refractivity contribution in [2.45, 2.75) is 31.7 Å². The Morgan fingerprint density at radius 1 is 1.17 bits per heavy atom. The molecule has 0 fully saturated rings. The maximum atomic E-state index is 13.1. The Bertz CT molecular complexity index is 847. The number of rotatable bonds is 4. The minimum absolute atomic E-state index is 0.0126. The van der Waals surface area contributed by atoms with Crippen molar-refractivity contribution in [1.29, 1.82) is 0 Å². The zero-order valence-corrected chi connectivity index (χ0v) is 16.1. The van der Waals surface area contributed by atoms with E-state index in [-0.39, 0.29) is 21.1 Å². The zero-order chi connectivity index (χ0) is 17.5. The second-order valence-electron chi connectivity index (χ2n) is 5.32. The summed E-state index contributed by atoms with van der Waals surface area (Å²) in [5, 5.41) is 4.77. The number of sulfonamides is 1. The number of hydrogen-bond acceptors (Lipinski definition) is 3. The van der Waals surface area contributed by atoms with Crippen molar-refractivity contribution in [1.82, 2.24) is 9.78 Å². The van der Waals surface area contributed by atoms with Crippen LogP contribution in [0.15, 0.2) is 23.1 Å². The standard InChI is InChI=1S/C14H16Cl3N3O2S/c1-8(2)20(10-5-6-11(15)12(16)7-10)23(21,22)13-9(3)18-19(4)14(13)17/h5-8H,1-4H3. The van der Waals surface area contributed by atoms with Gasteiger partial charge in [0.1, 0.15) is 10.0 Å². The number of nitrogens with zero attached hydrogens (tertiary/aromatic N) is 3. The van der Waals surface area contributed by atoms with Gasteiger partial charge in [-0.1, -0.05) is 34.8 Å². The summed E-state index contributed by atoms with van der Waals surface area (Å²) >= 11 is 18.1. The van der Waals surface area contributed by atoms with Crippen molar-refractivity contribution < 1.29 is 8.42 Å². The molecule has 0 amide bonds. The molecule has 126 valence electrons. The molecule has 0 spiro atoms. The lowest BCUT2D eigenvalue weighted by atomic mass is 10.3. The lowest BCUT2D eigenvalue weighted by Crippen LogP contribution is -2.37. The van der Waals surface area contributed by atoms with Gasteiger partial charge in [0.15, 0.2) is 0 Å². The number of aryl methyl sites for hydroxylation is 2. The van der Waals surface area contributed by atoms with Gasteiger partial charge in [0, 0.05) is 13.1 Å². The molecule has 2 aromatic rings. The van der Waals surface area contributed by atoms with Crippen LogP contribution in [0.1, 0.15) is 19.5 Å². The Hall–Kier alpha value is -0.950. The first kappa shape index (κ1) is 18.4. The average Bonchev–Trinajstić information content (AvgIpc) is 2.67. The van der Waals surface area contributed by atoms with Crippen molar-refractivity contribution >= 4 is 50.5 Å². The Balaban J connectivity index is 2.67. The molecule has 1 aromatic heterocycles. The normalized spacial score (nSPS) is 12.0. The molecular weight excluding hydrogens is 381 g/mol. The van der Waals surface area contributed by atoms with E-state index in [0.29, 0.717) is 16.4 Å². The number of hydrogen-bond donors (Lipinski definition) is 0. The summed E-state index contributed by atoms with van der Waals surface area (Å²) in [6, 6.07) is 4.32. The topological polar surface area (TPSA) is 55.2 Å². The quantitative estimate of drug-likeness (QED) is 0.774. The Labute approximate surface area is 150 Å². The minimum atomic E-state index is -3.91. The van der Waals surface area contributed by atoms with Gasteiger partial charge in [0.25, 0.3) is 10.0 Å². The fourth-order valence-electron chi connectivity index (χ4n) is 2.34. The van der Waals surface area contributed by atoms with Gasteiger partial charge in [-0.2, -0.15) is 5.10 Å². The van der Waals surface area contributed by atoms with Crippen molar-refractivity contribution in [3.8, 4) is 0 Å². The Kier molecular flexibility index (Phi) is 5.21. The molecule has 0 radical (unpaired) electrons. The smallest absolute Gasteiger partial charge is 0.264 e. The highest BCUT2D eigenvalue weighted by atomic mass is 35.5. The number of halogens is 3. The lowest BCUT2D eigenvalue weighted by Gasteiger charge is -2.28. The van der Waals surface area contributed by atoms with E-state index in [4.69, 9.17) is 34.8 Å². The fourth-order valence-corrected chi connectivity index (χ4v) is 5.00. The monoisotopic (exact) mass is 395 g/mol. The van der Waals surface area contributed by atoms with Crippen LogP contribution in [0.3, 0.4) is 0 Å². The molecule has 0 aliphatic heterocycles. The Morgan fingerprint density at radius 3 is 2.22 bits per heavy atom. The summed E-state index contributed by atoms with van der Waals surface area (Å²) in [6.07, 6.45) is 0. The van der Waals surface area contributed by atoms with E-state index < -0.39 is 10.0 Å². The van der Waals surface area contributed by atoms with E-state index >= 15 is 0 Å². The number of aromatic nitrogens is 2. The van der Waals surface area contributed by atoms with Crippen LogP contribution in [-0.4, -0.2) is 24.2 Å². The highest BCUT2D eigenvalue weighted by molar-refractivity contribution is 7.93. The number of benzene rings is 1. The van der Waals surface area contributed by atoms with Crippen molar-refractivity contribution in [2.75, 3.05) is 4.31 Å². The minimum Gasteiger partial charge on any atom is -0.264 e. The molecule has 23 heavy (non-hydrogen) atoms. The maximum absolute atomic E-state index is 13.1. The van der Waals surface area contributed by atoms with Crippen molar-refractivity contribution in [3.63, 3.8) is 0 Å². The van der Waals surface area contributed by atoms with E-state index in [9.17, 15) is 8.42 Å². The van der Waals surface area contributed by atoms with Gasteiger partial charge in [0.2, 0.25) is 0 Å². The molecule has 2 rings (SSSR count). The summed E-state index contributed by atoms with van der Waals surface area (Å²) in [6.45, 7) is 5.13. The lowest BCUT2D eigenvalue weighted by molar-refractivity contribution is 0.583. The molecule has 0 unspecified atom stereocenters. The molecule has 0 aliphatic carbocycles. The maximum Gasteiger partial charge on any atom is 0.269 e. The zero-order valence-electron chi connectivity index (χ0n) is 13.0. The van der Waals surface area contributed by atoms with Gasteiger partial charge in [-0.3, -0.25) is 8.99 Å². The summed E-state index contributed by atoms with van der Waals surface area (Å²) in [7, 11) is -2.32. The molecule has 9 heteroatoms. The fraction of sp³-hybridized carbons (Fsp3) is 0.357. The van der Waals surface area contributed by atoms with Crippen molar-refractivity contribution in [2.24, 2.45) is 7.05 Å². The molecule has 1 aromatic carbocycles. The first-order valence-corrected chi connectivity index (χ1v) is 9.33. The molecule has 0 saturated carbocycles. The van der Waals surface area contributed by atoms with Crippen LogP contribution >= 0.6 is 34.8 Å². The van der Waals surface area contributed by atoms with Crippen LogP contribution < -0.4 is 4.31 Å². The highest BCUT2D eigenvalue weighted by Gasteiger charge is 2.33. The Morgan fingerprint density at radius 2 is 1.78 bits per heavy atom. The second kappa shape index (κ2) is 6.51. The largest absolute Gasteiger partial charge is 0.269 e. The SMILES string of the molecule is Cc1nn(C)c(Cl)c1S(=O)(=O)N(c1ccc(Cl)c(Cl)c1)C(C)C. The van der Waals surface area contributed by atoms with Crippen LogP contribution in [0.5, 0.6) is 0 Å². The van der Waals surface area contributed by atoms with Crippen LogP contribution in [0, 0.1) is 6.92 Å². The van der Waals surface area contributed by atoms with Gasteiger partial charge in [-0.25, -0.2) is 8.42 Å². The predicted molar refractivity (Wildman–Crippen MR) is 94.2 cm³/mol. The third-order valence-corrected chi connectivity index (χ3v) is 6.68. The van der Waals surface area contributed by atoms with Gasteiger partial charge in [0.05, 0.1) is 21.4 Å². The summed E-state index contributed by atoms with van der Waals surface area (Å²) in [4.78, 5) is -0.0126. The molecule has 0 saturated heterocycles. The van der Waals surface area contributed by atoms with Crippen LogP contribution in [0.2, 0.25) is 15.2 Å². The van der Waals surface area contributed by atoms with E-state index in [0.717, 1.165) is 0 Å². The van der Waals surface area contributed by atoms with Crippen LogP contribution in [0.25, 0.3) is 0 Å². The highest BCUT2D eigenvalue weighted by Crippen LogP contribution is 2.34. The molecule has 0 aliphatic rings. The number of anilines is 1. The molecule has 0 atom stereocenters. The summed E-state index contributed by atoms with van der Waals surface area (Å²) in [5.74, 6) is 0. The molecule has 0 N–H and O–H groups in total. The summed E-state index contributed by atoms with van der Waals surface area (Å²) in [5.41, 5.74) is 0.747. The predicted octanol–water partition coefficient (Wildman–Crippen LogP) is 4.29. The molecule has 1 heterocycles. The van der Waals surface area contributed by atoms with Gasteiger partial charge in [-0.15, -0.1) is 0 Å². The van der Waals surface area contributed by atoms with E-state index in [1.165, 1.54) is 15.1 Å². The third-order valence-electron chi connectivity index (χ3n) is 3.24. The second-order valence-corrected chi connectivity index (χ2v) is 8.25. The summed E-state index contributed by atoms with van der Waals surface area (Å²) < 4.78 is 28.9. The van der Waals surface area contributed by atoms with E-state index in [2.05, 4.69) is 5.10 Å². The van der Waals surface area contributed by atoms with Crippen LogP contribution in [0.4, 0.5) is 5.69 Å². The van der Waals surface area contributed by atoms with Gasteiger partial charge >= 0.3 is 0 Å². The first-order chi connectivity index (χ1) is 10.6. The molecule has 0 bridgehead atoms. The van der Waals surface area contributed by atoms with Crippen LogP contribution in [-0.2, 0) is 17.1 Å². The van der Waals surface area contributed by atoms with Crippen molar-refractivity contribution in [3.05, 3.63) is 39.1 Å². The van der Waals surface area contributed by atoms with E-state index in [1.807, 2.05) is 0 Å². The average molecular weight is 397 g/mol. The van der Waals surface area contributed by atoms with Gasteiger partial charge in [-0.05, 0) is 39.0 Å². The first-order valence-electron chi connectivity index (χ1n) is 6.76.